The molecule has 0 aliphatic carbocycles. The van der Waals surface area contributed by atoms with Crippen LogP contribution in [0.1, 0.15) is 24.6 Å². The molecule has 0 atom stereocenters. The van der Waals surface area contributed by atoms with E-state index in [0.717, 1.165) is 17.7 Å². The van der Waals surface area contributed by atoms with Gasteiger partial charge in [-0.15, -0.1) is 0 Å². The second-order valence-corrected chi connectivity index (χ2v) is 2.39. The monoisotopic (exact) mass is 160 g/mol. The highest BCUT2D eigenvalue weighted by atomic mass is 15.1. The first-order chi connectivity index (χ1) is 5.88. The average molecular weight is 160 g/mol. The first-order valence-corrected chi connectivity index (χ1v) is 3.99. The molecule has 0 amide bonds. The van der Waals surface area contributed by atoms with Gasteiger partial charge in [0.05, 0.1) is 11.9 Å². The minimum absolute atomic E-state index is 0.884. The van der Waals surface area contributed by atoms with Crippen LogP contribution in [0.4, 0.5) is 0 Å². The lowest BCUT2D eigenvalue weighted by atomic mass is 10.2. The Morgan fingerprint density at radius 3 is 3.08 bits per heavy atom. The largest absolute Gasteiger partial charge is 0.159 e. The summed E-state index contributed by atoms with van der Waals surface area (Å²) >= 11 is 0. The van der Waals surface area contributed by atoms with Crippen LogP contribution >= 0.6 is 0 Å². The summed E-state index contributed by atoms with van der Waals surface area (Å²) in [5.74, 6) is 0. The molecule has 0 spiro atoms. The molecular formula is C10H12N2. The van der Waals surface area contributed by atoms with E-state index in [2.05, 4.69) is 29.8 Å². The quantitative estimate of drug-likeness (QED) is 0.679. The highest BCUT2D eigenvalue weighted by Gasteiger charge is 1.94. The van der Waals surface area contributed by atoms with Gasteiger partial charge < -0.3 is 0 Å². The maximum atomic E-state index is 3.98. The Labute approximate surface area is 72.6 Å². The minimum atomic E-state index is 0.884. The zero-order valence-corrected chi connectivity index (χ0v) is 7.20. The molecule has 12 heavy (non-hydrogen) atoms. The highest BCUT2D eigenvalue weighted by molar-refractivity contribution is 5.60. The van der Waals surface area contributed by atoms with Crippen LogP contribution in [0.2, 0.25) is 0 Å². The smallest absolute Gasteiger partial charge is 0.0926 e. The summed E-state index contributed by atoms with van der Waals surface area (Å²) in [4.78, 5) is 0. The maximum Gasteiger partial charge on any atom is 0.0926 e. The SMILES string of the molecule is C=Cc1ccnnc1/C=C\CC. The molecule has 1 aromatic heterocycles. The number of rotatable bonds is 3. The Balaban J connectivity index is 2.96. The van der Waals surface area contributed by atoms with E-state index < -0.39 is 0 Å². The summed E-state index contributed by atoms with van der Waals surface area (Å²) < 4.78 is 0. The third kappa shape index (κ3) is 2.02. The van der Waals surface area contributed by atoms with E-state index in [1.54, 1.807) is 12.3 Å². The molecule has 0 fully saturated rings. The predicted octanol–water partition coefficient (Wildman–Crippen LogP) is 2.54. The van der Waals surface area contributed by atoms with Crippen molar-refractivity contribution in [3.8, 4) is 0 Å². The second kappa shape index (κ2) is 4.44. The lowest BCUT2D eigenvalue weighted by molar-refractivity contribution is 1.01. The second-order valence-electron chi connectivity index (χ2n) is 2.39. The van der Waals surface area contributed by atoms with Gasteiger partial charge >= 0.3 is 0 Å². The van der Waals surface area contributed by atoms with Crippen molar-refractivity contribution < 1.29 is 0 Å². The molecule has 0 radical (unpaired) electrons. The van der Waals surface area contributed by atoms with Crippen molar-refractivity contribution in [3.05, 3.63) is 36.2 Å². The van der Waals surface area contributed by atoms with Gasteiger partial charge in [-0.3, -0.25) is 0 Å². The lowest BCUT2D eigenvalue weighted by Crippen LogP contribution is -1.88. The standard InChI is InChI=1S/C10H12N2/c1-3-5-6-10-9(4-2)7-8-11-12-10/h4-8H,2-3H2,1H3/b6-5-. The molecule has 1 heterocycles. The van der Waals surface area contributed by atoms with Crippen molar-refractivity contribution in [1.82, 2.24) is 10.2 Å². The van der Waals surface area contributed by atoms with Gasteiger partial charge in [0.15, 0.2) is 0 Å². The van der Waals surface area contributed by atoms with E-state index >= 15 is 0 Å². The fraction of sp³-hybridized carbons (Fsp3) is 0.200. The molecule has 2 nitrogen and oxygen atoms in total. The van der Waals surface area contributed by atoms with Crippen molar-refractivity contribution in [3.63, 3.8) is 0 Å². The van der Waals surface area contributed by atoms with Gasteiger partial charge in [0, 0.05) is 5.56 Å². The van der Waals surface area contributed by atoms with Crippen LogP contribution < -0.4 is 0 Å². The lowest BCUT2D eigenvalue weighted by Gasteiger charge is -1.95. The molecule has 1 aromatic rings. The highest BCUT2D eigenvalue weighted by Crippen LogP contribution is 2.07. The zero-order chi connectivity index (χ0) is 8.81. The van der Waals surface area contributed by atoms with E-state index in [-0.39, 0.29) is 0 Å². The molecule has 0 unspecified atom stereocenters. The number of hydrogen-bond donors (Lipinski definition) is 0. The van der Waals surface area contributed by atoms with Gasteiger partial charge in [-0.1, -0.05) is 25.7 Å². The molecular weight excluding hydrogens is 148 g/mol. The number of aromatic nitrogens is 2. The van der Waals surface area contributed by atoms with Crippen LogP contribution in [0.25, 0.3) is 12.2 Å². The molecule has 0 saturated heterocycles. The molecule has 62 valence electrons. The van der Waals surface area contributed by atoms with E-state index in [9.17, 15) is 0 Å². The molecule has 0 aliphatic heterocycles. The minimum Gasteiger partial charge on any atom is -0.159 e. The van der Waals surface area contributed by atoms with E-state index in [1.165, 1.54) is 0 Å². The van der Waals surface area contributed by atoms with Gasteiger partial charge in [-0.2, -0.15) is 10.2 Å². The summed E-state index contributed by atoms with van der Waals surface area (Å²) in [6.07, 6.45) is 8.47. The van der Waals surface area contributed by atoms with Crippen LogP contribution in [-0.2, 0) is 0 Å². The van der Waals surface area contributed by atoms with E-state index in [4.69, 9.17) is 0 Å². The van der Waals surface area contributed by atoms with Crippen molar-refractivity contribution in [2.45, 2.75) is 13.3 Å². The summed E-state index contributed by atoms with van der Waals surface area (Å²) in [7, 11) is 0. The van der Waals surface area contributed by atoms with Crippen molar-refractivity contribution >= 4 is 12.2 Å². The fourth-order valence-corrected chi connectivity index (χ4v) is 0.884. The predicted molar refractivity (Wildman–Crippen MR) is 51.4 cm³/mol. The summed E-state index contributed by atoms with van der Waals surface area (Å²) in [6, 6.07) is 1.90. The van der Waals surface area contributed by atoms with Gasteiger partial charge in [0.25, 0.3) is 0 Å². The summed E-state index contributed by atoms with van der Waals surface area (Å²) in [5, 5.41) is 7.78. The third-order valence-corrected chi connectivity index (χ3v) is 1.51. The number of hydrogen-bond acceptors (Lipinski definition) is 2. The molecule has 1 rings (SSSR count). The Morgan fingerprint density at radius 1 is 1.58 bits per heavy atom. The van der Waals surface area contributed by atoms with Gasteiger partial charge in [0.2, 0.25) is 0 Å². The van der Waals surface area contributed by atoms with Crippen LogP contribution in [0, 0.1) is 0 Å². The Morgan fingerprint density at radius 2 is 2.42 bits per heavy atom. The van der Waals surface area contributed by atoms with Crippen LogP contribution in [0.5, 0.6) is 0 Å². The van der Waals surface area contributed by atoms with Gasteiger partial charge in [0.1, 0.15) is 0 Å². The normalized spacial score (nSPS) is 10.4. The Kier molecular flexibility index (Phi) is 3.20. The van der Waals surface area contributed by atoms with Crippen LogP contribution in [0.15, 0.2) is 24.9 Å². The maximum absolute atomic E-state index is 3.98. The zero-order valence-electron chi connectivity index (χ0n) is 7.20. The van der Waals surface area contributed by atoms with E-state index in [0.29, 0.717) is 0 Å². The van der Waals surface area contributed by atoms with Crippen LogP contribution in [0.3, 0.4) is 0 Å². The Bertz CT molecular complexity index is 290. The fourth-order valence-electron chi connectivity index (χ4n) is 0.884. The van der Waals surface area contributed by atoms with Crippen molar-refractivity contribution in [2.75, 3.05) is 0 Å². The first kappa shape index (κ1) is 8.65. The molecule has 0 aromatic carbocycles. The first-order valence-electron chi connectivity index (χ1n) is 3.99. The number of allylic oxidation sites excluding steroid dienone is 1. The van der Waals surface area contributed by atoms with Crippen molar-refractivity contribution in [2.24, 2.45) is 0 Å². The molecule has 0 aliphatic rings. The average Bonchev–Trinajstić information content (AvgIpc) is 2.15. The topological polar surface area (TPSA) is 25.8 Å². The third-order valence-electron chi connectivity index (χ3n) is 1.51. The molecule has 0 saturated carbocycles. The van der Waals surface area contributed by atoms with Crippen LogP contribution in [-0.4, -0.2) is 10.2 Å². The molecule has 0 N–H and O–H groups in total. The number of nitrogens with zero attached hydrogens (tertiary/aromatic N) is 2. The molecule has 0 bridgehead atoms. The molecule has 2 heteroatoms. The van der Waals surface area contributed by atoms with E-state index in [1.807, 2.05) is 12.1 Å². The summed E-state index contributed by atoms with van der Waals surface area (Å²) in [5.41, 5.74) is 1.91. The Hall–Kier alpha value is -1.44. The van der Waals surface area contributed by atoms with Gasteiger partial charge in [-0.25, -0.2) is 0 Å². The van der Waals surface area contributed by atoms with Crippen molar-refractivity contribution in [1.29, 1.82) is 0 Å². The summed E-state index contributed by atoms with van der Waals surface area (Å²) in [6.45, 7) is 5.78. The van der Waals surface area contributed by atoms with Gasteiger partial charge in [-0.05, 0) is 18.6 Å².